The number of carbonyl (C=O) groups is 4. The summed E-state index contributed by atoms with van der Waals surface area (Å²) in [5, 5.41) is 14.9. The second-order valence-corrected chi connectivity index (χ2v) is 14.1. The number of piperidine rings is 1. The van der Waals surface area contributed by atoms with Crippen LogP contribution < -0.4 is 26.6 Å². The van der Waals surface area contributed by atoms with Crippen LogP contribution in [0.3, 0.4) is 0 Å². The molecule has 59 heavy (non-hydrogen) atoms. The summed E-state index contributed by atoms with van der Waals surface area (Å²) >= 11 is 0. The zero-order valence-electron chi connectivity index (χ0n) is 32.5. The van der Waals surface area contributed by atoms with E-state index in [0.717, 1.165) is 45.3 Å². The minimum absolute atomic E-state index is 0.0472. The summed E-state index contributed by atoms with van der Waals surface area (Å²) in [5.74, 6) is 1.98. The molecule has 4 aromatic heterocycles. The Kier molecular flexibility index (Phi) is 12.9. The first kappa shape index (κ1) is 39.7. The van der Waals surface area contributed by atoms with Gasteiger partial charge < -0.3 is 31.5 Å². The highest BCUT2D eigenvalue weighted by molar-refractivity contribution is 5.98. The Labute approximate surface area is 341 Å². The second-order valence-electron chi connectivity index (χ2n) is 14.1. The summed E-state index contributed by atoms with van der Waals surface area (Å²) < 4.78 is 0. The van der Waals surface area contributed by atoms with Gasteiger partial charge in [-0.05, 0) is 114 Å². The van der Waals surface area contributed by atoms with Gasteiger partial charge in [0.2, 0.25) is 23.6 Å². The average molecular weight is 789 g/mol. The van der Waals surface area contributed by atoms with E-state index in [0.29, 0.717) is 50.4 Å². The summed E-state index contributed by atoms with van der Waals surface area (Å²) in [5.41, 5.74) is 5.68. The van der Waals surface area contributed by atoms with Crippen LogP contribution in [0.5, 0.6) is 0 Å². The van der Waals surface area contributed by atoms with E-state index < -0.39 is 6.04 Å². The van der Waals surface area contributed by atoms with Gasteiger partial charge in [-0.2, -0.15) is 0 Å². The lowest BCUT2D eigenvalue weighted by atomic mass is 9.96. The minimum Gasteiger partial charge on any atom is -0.344 e. The van der Waals surface area contributed by atoms with E-state index in [2.05, 4.69) is 46.5 Å². The van der Waals surface area contributed by atoms with Crippen molar-refractivity contribution in [2.45, 2.75) is 38.6 Å². The van der Waals surface area contributed by atoms with Gasteiger partial charge in [-0.3, -0.25) is 19.2 Å². The molecule has 2 aliphatic rings. The van der Waals surface area contributed by atoms with Crippen LogP contribution in [-0.2, 0) is 19.2 Å². The molecule has 2 aliphatic heterocycles. The number of nitrogens with zero attached hydrogens (tertiary/aromatic N) is 5. The molecule has 4 amide bonds. The molecule has 5 N–H and O–H groups in total. The first-order chi connectivity index (χ1) is 28.8. The van der Waals surface area contributed by atoms with E-state index in [9.17, 15) is 19.2 Å². The molecule has 0 unspecified atom stereocenters. The van der Waals surface area contributed by atoms with Crippen molar-refractivity contribution in [3.8, 4) is 22.3 Å². The number of amides is 4. The van der Waals surface area contributed by atoms with Crippen molar-refractivity contribution in [3.05, 3.63) is 134 Å². The summed E-state index contributed by atoms with van der Waals surface area (Å²) in [4.78, 5) is 66.8. The number of hydrogen-bond donors (Lipinski definition) is 5. The van der Waals surface area contributed by atoms with Gasteiger partial charge in [0, 0.05) is 68.5 Å². The van der Waals surface area contributed by atoms with Gasteiger partial charge in [0.25, 0.3) is 0 Å². The van der Waals surface area contributed by atoms with Crippen LogP contribution in [0.15, 0.2) is 134 Å². The van der Waals surface area contributed by atoms with Crippen LogP contribution in [-0.4, -0.2) is 67.6 Å². The number of likely N-dealkylation sites (tertiary alicyclic amines) is 1. The molecule has 1 atom stereocenters. The Morgan fingerprint density at radius 3 is 1.42 bits per heavy atom. The molecular formula is C45H44N10O4. The van der Waals surface area contributed by atoms with Crippen molar-refractivity contribution >= 4 is 58.3 Å². The Balaban J connectivity index is 0.000000180. The molecule has 0 aliphatic carbocycles. The summed E-state index contributed by atoms with van der Waals surface area (Å²) in [6, 6.07) is 34.3. The zero-order valence-corrected chi connectivity index (χ0v) is 32.5. The molecule has 6 heterocycles. The van der Waals surface area contributed by atoms with Crippen molar-refractivity contribution in [3.63, 3.8) is 0 Å². The van der Waals surface area contributed by atoms with Crippen LogP contribution >= 0.6 is 0 Å². The highest BCUT2D eigenvalue weighted by Crippen LogP contribution is 2.27. The fraction of sp³-hybridized carbons (Fsp3) is 0.200. The number of pyridine rings is 4. The highest BCUT2D eigenvalue weighted by atomic mass is 16.2. The molecule has 0 bridgehead atoms. The molecule has 14 heteroatoms. The van der Waals surface area contributed by atoms with Gasteiger partial charge >= 0.3 is 0 Å². The van der Waals surface area contributed by atoms with Gasteiger partial charge in [0.15, 0.2) is 0 Å². The van der Waals surface area contributed by atoms with Crippen LogP contribution in [0.25, 0.3) is 22.3 Å². The van der Waals surface area contributed by atoms with Gasteiger partial charge in [0.05, 0.1) is 0 Å². The third-order valence-electron chi connectivity index (χ3n) is 9.92. The molecule has 14 nitrogen and oxygen atoms in total. The maximum atomic E-state index is 12.7. The molecular weight excluding hydrogens is 745 g/mol. The van der Waals surface area contributed by atoms with E-state index in [1.807, 2.05) is 103 Å². The Morgan fingerprint density at radius 1 is 0.576 bits per heavy atom. The van der Waals surface area contributed by atoms with Gasteiger partial charge in [-0.1, -0.05) is 36.4 Å². The molecule has 0 spiro atoms. The van der Waals surface area contributed by atoms with E-state index in [1.54, 1.807) is 42.7 Å². The van der Waals surface area contributed by atoms with Gasteiger partial charge in [-0.25, -0.2) is 19.9 Å². The lowest BCUT2D eigenvalue weighted by Gasteiger charge is -2.30. The molecule has 2 aromatic carbocycles. The molecule has 2 saturated heterocycles. The topological polar surface area (TPSA) is 183 Å². The first-order valence-electron chi connectivity index (χ1n) is 19.4. The Morgan fingerprint density at radius 2 is 1.00 bits per heavy atom. The third-order valence-corrected chi connectivity index (χ3v) is 9.92. The first-order valence-corrected chi connectivity index (χ1v) is 19.4. The summed E-state index contributed by atoms with van der Waals surface area (Å²) in [6.45, 7) is 2.81. The van der Waals surface area contributed by atoms with Crippen molar-refractivity contribution < 1.29 is 19.2 Å². The number of rotatable bonds is 10. The van der Waals surface area contributed by atoms with Crippen LogP contribution in [0, 0.1) is 5.92 Å². The fourth-order valence-electron chi connectivity index (χ4n) is 6.76. The Bertz CT molecular complexity index is 2410. The van der Waals surface area contributed by atoms with Crippen LogP contribution in [0.2, 0.25) is 0 Å². The van der Waals surface area contributed by atoms with Crippen molar-refractivity contribution in [1.82, 2.24) is 30.2 Å². The normalized spacial score (nSPS) is 14.9. The second kappa shape index (κ2) is 19.1. The number of aromatic nitrogens is 4. The SMILES string of the molecule is CC(=O)N1CCC(C(=O)Nc2cc(-c3ccnc(Nc4ccccc4)c3)ccn2)CC1.O=C1CC[C@@H](C(=O)Nc2cc(-c3ccnc(Nc4ccccc4)c3)ccn2)N1. The predicted octanol–water partition coefficient (Wildman–Crippen LogP) is 7.19. The molecule has 0 radical (unpaired) electrons. The molecule has 2 fully saturated rings. The van der Waals surface area contributed by atoms with Crippen molar-refractivity contribution in [1.29, 1.82) is 0 Å². The van der Waals surface area contributed by atoms with Gasteiger partial charge in [-0.15, -0.1) is 0 Å². The highest BCUT2D eigenvalue weighted by Gasteiger charge is 2.28. The molecule has 0 saturated carbocycles. The Hall–Kier alpha value is -7.48. The quantitative estimate of drug-likeness (QED) is 0.0953. The van der Waals surface area contributed by atoms with E-state index in [1.165, 1.54) is 0 Å². The molecule has 298 valence electrons. The number of anilines is 6. The van der Waals surface area contributed by atoms with E-state index >= 15 is 0 Å². The lowest BCUT2D eigenvalue weighted by molar-refractivity contribution is -0.132. The van der Waals surface area contributed by atoms with Crippen molar-refractivity contribution in [2.24, 2.45) is 5.92 Å². The summed E-state index contributed by atoms with van der Waals surface area (Å²) in [7, 11) is 0. The molecule has 8 rings (SSSR count). The maximum Gasteiger partial charge on any atom is 0.248 e. The number of hydrogen-bond acceptors (Lipinski definition) is 10. The van der Waals surface area contributed by atoms with Crippen LogP contribution in [0.1, 0.15) is 32.6 Å². The van der Waals surface area contributed by atoms with Crippen LogP contribution in [0.4, 0.5) is 34.6 Å². The zero-order chi connectivity index (χ0) is 41.0. The number of benzene rings is 2. The predicted molar refractivity (Wildman–Crippen MR) is 228 cm³/mol. The monoisotopic (exact) mass is 788 g/mol. The standard InChI is InChI=1S/C24H25N5O2.C21H19N5O2/c1-17(30)29-13-9-18(10-14-29)24(31)28-23-16-20(8-12-26-23)19-7-11-25-22(15-19)27-21-5-3-2-4-6-21;27-20-7-6-17(25-20)21(28)26-19-13-15(9-11-23-19)14-8-10-22-18(12-14)24-16-4-2-1-3-5-16/h2-8,11-12,15-16,18H,9-10,13-14H2,1H3,(H,25,27)(H,26,28,31);1-5,8-13,17H,6-7H2,(H,22,24)(H,25,27)(H,23,26,28)/t;17-/m.0/s1. The van der Waals surface area contributed by atoms with E-state index in [-0.39, 0.29) is 29.5 Å². The fourth-order valence-corrected chi connectivity index (χ4v) is 6.76. The van der Waals surface area contributed by atoms with E-state index in [4.69, 9.17) is 0 Å². The van der Waals surface area contributed by atoms with Crippen molar-refractivity contribution in [2.75, 3.05) is 34.4 Å². The number of carbonyl (C=O) groups excluding carboxylic acids is 4. The minimum atomic E-state index is -0.499. The van der Waals surface area contributed by atoms with Gasteiger partial charge in [0.1, 0.15) is 29.3 Å². The largest absolute Gasteiger partial charge is 0.344 e. The molecule has 6 aromatic rings. The summed E-state index contributed by atoms with van der Waals surface area (Å²) in [6.07, 6.45) is 9.03. The number of nitrogens with one attached hydrogen (secondary N) is 5. The third kappa shape index (κ3) is 11.1. The smallest absolute Gasteiger partial charge is 0.248 e. The number of para-hydroxylation sites is 2. The lowest BCUT2D eigenvalue weighted by Crippen LogP contribution is -2.40. The maximum absolute atomic E-state index is 12.7. The average Bonchev–Trinajstić information content (AvgIpc) is 3.71.